The first-order valence-electron chi connectivity index (χ1n) is 6.57. The SMILES string of the molecule is CC(C)(C)CC(C)(C)NCc1cccc([N+](=O)[O-])c1.Cl. The van der Waals surface area contributed by atoms with E-state index in [-0.39, 0.29) is 34.0 Å². The van der Waals surface area contributed by atoms with E-state index in [1.165, 1.54) is 6.07 Å². The highest BCUT2D eigenvalue weighted by Crippen LogP contribution is 2.27. The van der Waals surface area contributed by atoms with Crippen LogP contribution >= 0.6 is 12.4 Å². The number of halogens is 1. The first-order chi connectivity index (χ1) is 8.59. The van der Waals surface area contributed by atoms with Crippen LogP contribution in [0.3, 0.4) is 0 Å². The van der Waals surface area contributed by atoms with Gasteiger partial charge in [-0.1, -0.05) is 32.9 Å². The van der Waals surface area contributed by atoms with Crippen molar-refractivity contribution in [1.82, 2.24) is 5.32 Å². The fraction of sp³-hybridized carbons (Fsp3) is 0.600. The summed E-state index contributed by atoms with van der Waals surface area (Å²) >= 11 is 0. The number of hydrogen-bond acceptors (Lipinski definition) is 3. The molecule has 1 aromatic rings. The molecule has 0 aliphatic carbocycles. The summed E-state index contributed by atoms with van der Waals surface area (Å²) in [6.45, 7) is 11.6. The molecule has 20 heavy (non-hydrogen) atoms. The minimum atomic E-state index is -0.357. The Morgan fingerprint density at radius 1 is 1.20 bits per heavy atom. The minimum Gasteiger partial charge on any atom is -0.308 e. The molecule has 0 aliphatic heterocycles. The van der Waals surface area contributed by atoms with Crippen LogP contribution in [0, 0.1) is 15.5 Å². The second-order valence-corrected chi connectivity index (χ2v) is 6.90. The van der Waals surface area contributed by atoms with E-state index >= 15 is 0 Å². The van der Waals surface area contributed by atoms with E-state index in [2.05, 4.69) is 39.9 Å². The molecule has 0 radical (unpaired) electrons. The van der Waals surface area contributed by atoms with Crippen LogP contribution in [0.25, 0.3) is 0 Å². The second kappa shape index (κ2) is 7.04. The average molecular weight is 301 g/mol. The second-order valence-electron chi connectivity index (χ2n) is 6.90. The number of nitrogens with one attached hydrogen (secondary N) is 1. The number of nitro groups is 1. The lowest BCUT2D eigenvalue weighted by Gasteiger charge is -2.33. The van der Waals surface area contributed by atoms with Crippen molar-refractivity contribution in [3.63, 3.8) is 0 Å². The van der Waals surface area contributed by atoms with E-state index < -0.39 is 0 Å². The van der Waals surface area contributed by atoms with Crippen molar-refractivity contribution in [2.75, 3.05) is 0 Å². The quantitative estimate of drug-likeness (QED) is 0.651. The number of hydrogen-bond donors (Lipinski definition) is 1. The fourth-order valence-electron chi connectivity index (χ4n) is 2.51. The van der Waals surface area contributed by atoms with E-state index in [1.54, 1.807) is 12.1 Å². The summed E-state index contributed by atoms with van der Waals surface area (Å²) in [4.78, 5) is 10.4. The fourth-order valence-corrected chi connectivity index (χ4v) is 2.51. The monoisotopic (exact) mass is 300 g/mol. The van der Waals surface area contributed by atoms with Gasteiger partial charge in [-0.15, -0.1) is 12.4 Å². The summed E-state index contributed by atoms with van der Waals surface area (Å²) in [6, 6.07) is 6.78. The summed E-state index contributed by atoms with van der Waals surface area (Å²) < 4.78 is 0. The number of non-ortho nitro benzene ring substituents is 1. The van der Waals surface area contributed by atoms with Crippen molar-refractivity contribution >= 4 is 18.1 Å². The predicted octanol–water partition coefficient (Wildman–Crippen LogP) is 4.32. The molecule has 0 aromatic heterocycles. The number of benzene rings is 1. The smallest absolute Gasteiger partial charge is 0.269 e. The molecule has 0 saturated carbocycles. The normalized spacial score (nSPS) is 11.8. The van der Waals surface area contributed by atoms with Crippen molar-refractivity contribution in [2.45, 2.75) is 53.1 Å². The molecule has 0 saturated heterocycles. The summed E-state index contributed by atoms with van der Waals surface area (Å²) in [5.74, 6) is 0. The van der Waals surface area contributed by atoms with Crippen LogP contribution in [-0.4, -0.2) is 10.5 Å². The van der Waals surface area contributed by atoms with Crippen molar-refractivity contribution in [1.29, 1.82) is 0 Å². The van der Waals surface area contributed by atoms with Gasteiger partial charge in [-0.05, 0) is 31.2 Å². The Balaban J connectivity index is 0.00000361. The Bertz CT molecular complexity index is 453. The molecule has 4 nitrogen and oxygen atoms in total. The highest BCUT2D eigenvalue weighted by Gasteiger charge is 2.24. The van der Waals surface area contributed by atoms with Gasteiger partial charge in [0.1, 0.15) is 0 Å². The molecule has 0 atom stereocenters. The van der Waals surface area contributed by atoms with Gasteiger partial charge >= 0.3 is 0 Å². The molecule has 1 N–H and O–H groups in total. The highest BCUT2D eigenvalue weighted by molar-refractivity contribution is 5.85. The molecule has 0 bridgehead atoms. The van der Waals surface area contributed by atoms with E-state index in [9.17, 15) is 10.1 Å². The molecule has 114 valence electrons. The summed E-state index contributed by atoms with van der Waals surface area (Å²) in [5.41, 5.74) is 1.34. The zero-order valence-corrected chi connectivity index (χ0v) is 13.7. The van der Waals surface area contributed by atoms with Gasteiger partial charge in [0, 0.05) is 24.2 Å². The lowest BCUT2D eigenvalue weighted by atomic mass is 9.82. The Labute approximate surface area is 127 Å². The topological polar surface area (TPSA) is 55.2 Å². The van der Waals surface area contributed by atoms with Gasteiger partial charge in [0.2, 0.25) is 0 Å². The zero-order valence-electron chi connectivity index (χ0n) is 12.9. The zero-order chi connectivity index (χ0) is 14.7. The van der Waals surface area contributed by atoms with Crippen LogP contribution in [0.15, 0.2) is 24.3 Å². The largest absolute Gasteiger partial charge is 0.308 e. The Kier molecular flexibility index (Phi) is 6.65. The van der Waals surface area contributed by atoms with Crippen LogP contribution in [0.1, 0.15) is 46.6 Å². The van der Waals surface area contributed by atoms with Gasteiger partial charge < -0.3 is 5.32 Å². The van der Waals surface area contributed by atoms with Gasteiger partial charge in [0.05, 0.1) is 4.92 Å². The van der Waals surface area contributed by atoms with Crippen molar-refractivity contribution in [3.8, 4) is 0 Å². The van der Waals surface area contributed by atoms with Crippen LogP contribution in [0.5, 0.6) is 0 Å². The van der Waals surface area contributed by atoms with Gasteiger partial charge in [0.15, 0.2) is 0 Å². The Hall–Kier alpha value is -1.13. The molecule has 0 heterocycles. The van der Waals surface area contributed by atoms with E-state index in [1.807, 2.05) is 6.07 Å². The molecule has 0 spiro atoms. The van der Waals surface area contributed by atoms with Crippen LogP contribution < -0.4 is 5.32 Å². The van der Waals surface area contributed by atoms with Gasteiger partial charge in [-0.25, -0.2) is 0 Å². The van der Waals surface area contributed by atoms with Gasteiger partial charge in [0.25, 0.3) is 5.69 Å². The maximum absolute atomic E-state index is 10.7. The molecule has 5 heteroatoms. The molecule has 0 amide bonds. The van der Waals surface area contributed by atoms with Crippen molar-refractivity contribution < 1.29 is 4.92 Å². The lowest BCUT2D eigenvalue weighted by molar-refractivity contribution is -0.384. The first kappa shape index (κ1) is 18.9. The third-order valence-corrected chi connectivity index (χ3v) is 2.86. The maximum Gasteiger partial charge on any atom is 0.269 e. The molecule has 0 unspecified atom stereocenters. The van der Waals surface area contributed by atoms with E-state index in [0.29, 0.717) is 6.54 Å². The maximum atomic E-state index is 10.7. The van der Waals surface area contributed by atoms with Gasteiger partial charge in [-0.3, -0.25) is 10.1 Å². The third kappa shape index (κ3) is 6.87. The number of nitrogens with zero attached hydrogens (tertiary/aromatic N) is 1. The Morgan fingerprint density at radius 2 is 1.80 bits per heavy atom. The van der Waals surface area contributed by atoms with E-state index in [0.717, 1.165) is 12.0 Å². The van der Waals surface area contributed by atoms with Crippen molar-refractivity contribution in [3.05, 3.63) is 39.9 Å². The highest BCUT2D eigenvalue weighted by atomic mass is 35.5. The molecule has 0 fully saturated rings. The molecular formula is C15H25ClN2O2. The Morgan fingerprint density at radius 3 is 2.30 bits per heavy atom. The van der Waals surface area contributed by atoms with Crippen LogP contribution in [0.2, 0.25) is 0 Å². The molecular weight excluding hydrogens is 276 g/mol. The molecule has 0 aliphatic rings. The summed E-state index contributed by atoms with van der Waals surface area (Å²) in [6.07, 6.45) is 1.04. The molecule has 1 rings (SSSR count). The standard InChI is InChI=1S/C15H24N2O2.ClH/c1-14(2,3)11-15(4,5)16-10-12-7-6-8-13(9-12)17(18)19;/h6-9,16H,10-11H2,1-5H3;1H. The van der Waals surface area contributed by atoms with Gasteiger partial charge in [-0.2, -0.15) is 0 Å². The summed E-state index contributed by atoms with van der Waals surface area (Å²) in [5, 5.41) is 14.2. The lowest BCUT2D eigenvalue weighted by Crippen LogP contribution is -2.41. The van der Waals surface area contributed by atoms with Crippen molar-refractivity contribution in [2.24, 2.45) is 5.41 Å². The first-order valence-corrected chi connectivity index (χ1v) is 6.57. The summed E-state index contributed by atoms with van der Waals surface area (Å²) in [7, 11) is 0. The van der Waals surface area contributed by atoms with Crippen LogP contribution in [-0.2, 0) is 6.54 Å². The molecule has 1 aromatic carbocycles. The van der Waals surface area contributed by atoms with Crippen LogP contribution in [0.4, 0.5) is 5.69 Å². The van der Waals surface area contributed by atoms with E-state index in [4.69, 9.17) is 0 Å². The number of rotatable bonds is 5. The predicted molar refractivity (Wildman–Crippen MR) is 85.3 cm³/mol. The number of nitro benzene ring substituents is 1. The minimum absolute atomic E-state index is 0. The third-order valence-electron chi connectivity index (χ3n) is 2.86. The average Bonchev–Trinajstić information content (AvgIpc) is 2.24.